The molecule has 2 aromatic rings. The average molecular weight is 386 g/mol. The molecule has 1 N–H and O–H groups in total. The van der Waals surface area contributed by atoms with Gasteiger partial charge >= 0.3 is 0 Å². The number of amides is 1. The number of nitrogens with zero attached hydrogens (tertiary/aromatic N) is 1. The van der Waals surface area contributed by atoms with Gasteiger partial charge in [-0.15, -0.1) is 11.8 Å². The van der Waals surface area contributed by atoms with Crippen molar-refractivity contribution >= 4 is 23.4 Å². The van der Waals surface area contributed by atoms with Crippen molar-refractivity contribution in [2.75, 3.05) is 12.4 Å². The van der Waals surface area contributed by atoms with Gasteiger partial charge in [-0.05, 0) is 41.3 Å². The summed E-state index contributed by atoms with van der Waals surface area (Å²) in [5.41, 5.74) is 5.21. The summed E-state index contributed by atoms with van der Waals surface area (Å²) in [7, 11) is 0. The number of hydrogen-bond donors (Lipinski definition) is 1. The second-order valence-corrected chi connectivity index (χ2v) is 8.53. The lowest BCUT2D eigenvalue weighted by Crippen LogP contribution is -2.26. The van der Waals surface area contributed by atoms with Crippen molar-refractivity contribution in [3.63, 3.8) is 0 Å². The first-order chi connectivity index (χ1) is 12.8. The first-order valence-electron chi connectivity index (χ1n) is 8.84. The standard InChI is InChI=1S/C21H23FN2O2S/c1-21(2,3)14-4-7-16(8-5-14)26-13-20(25)24-23-18-10-11-27-19-9-6-15(22)12-17(18)19/h4-9,12H,10-11,13H2,1-3H3,(H,24,25)/b23-18-. The van der Waals surface area contributed by atoms with Crippen LogP contribution in [0.3, 0.4) is 0 Å². The number of rotatable bonds is 4. The summed E-state index contributed by atoms with van der Waals surface area (Å²) in [6.07, 6.45) is 0.677. The topological polar surface area (TPSA) is 50.7 Å². The summed E-state index contributed by atoms with van der Waals surface area (Å²) in [5, 5.41) is 4.18. The molecule has 1 amide bonds. The average Bonchev–Trinajstić information content (AvgIpc) is 2.64. The van der Waals surface area contributed by atoms with Crippen LogP contribution >= 0.6 is 11.8 Å². The Hall–Kier alpha value is -2.34. The zero-order chi connectivity index (χ0) is 19.4. The van der Waals surface area contributed by atoms with Crippen molar-refractivity contribution in [3.05, 3.63) is 59.4 Å². The fraction of sp³-hybridized carbons (Fsp3) is 0.333. The van der Waals surface area contributed by atoms with E-state index < -0.39 is 0 Å². The maximum atomic E-state index is 13.5. The second-order valence-electron chi connectivity index (χ2n) is 7.40. The number of nitrogens with one attached hydrogen (secondary N) is 1. The van der Waals surface area contributed by atoms with E-state index in [0.29, 0.717) is 17.9 Å². The lowest BCUT2D eigenvalue weighted by atomic mass is 9.87. The molecule has 0 unspecified atom stereocenters. The van der Waals surface area contributed by atoms with Gasteiger partial charge in [0.15, 0.2) is 6.61 Å². The molecule has 0 fully saturated rings. The van der Waals surface area contributed by atoms with E-state index in [1.165, 1.54) is 17.7 Å². The number of benzene rings is 2. The highest BCUT2D eigenvalue weighted by Crippen LogP contribution is 2.30. The molecule has 1 heterocycles. The van der Waals surface area contributed by atoms with Crippen molar-refractivity contribution in [2.45, 2.75) is 37.5 Å². The number of hydrazone groups is 1. The molecule has 0 radical (unpaired) electrons. The van der Waals surface area contributed by atoms with Crippen LogP contribution < -0.4 is 10.2 Å². The Kier molecular flexibility index (Phi) is 5.85. The lowest BCUT2D eigenvalue weighted by Gasteiger charge is -2.19. The van der Waals surface area contributed by atoms with E-state index in [0.717, 1.165) is 16.2 Å². The summed E-state index contributed by atoms with van der Waals surface area (Å²) >= 11 is 1.66. The number of hydrogen-bond acceptors (Lipinski definition) is 4. The minimum atomic E-state index is -0.349. The molecule has 0 aliphatic carbocycles. The Morgan fingerprint density at radius 1 is 1.22 bits per heavy atom. The van der Waals surface area contributed by atoms with Crippen LogP contribution in [0, 0.1) is 5.82 Å². The first kappa shape index (κ1) is 19.4. The van der Waals surface area contributed by atoms with Crippen molar-refractivity contribution in [2.24, 2.45) is 5.10 Å². The van der Waals surface area contributed by atoms with Crippen LogP contribution in [0.4, 0.5) is 4.39 Å². The maximum Gasteiger partial charge on any atom is 0.277 e. The van der Waals surface area contributed by atoms with Gasteiger partial charge in [0, 0.05) is 22.6 Å². The molecule has 142 valence electrons. The Morgan fingerprint density at radius 3 is 2.67 bits per heavy atom. The zero-order valence-electron chi connectivity index (χ0n) is 15.7. The largest absolute Gasteiger partial charge is 0.484 e. The quantitative estimate of drug-likeness (QED) is 0.786. The van der Waals surface area contributed by atoms with Crippen LogP contribution in [0.15, 0.2) is 52.5 Å². The minimum absolute atomic E-state index is 0.0695. The number of thioether (sulfide) groups is 1. The molecule has 4 nitrogen and oxygen atoms in total. The molecule has 0 saturated carbocycles. The number of carbonyl (C=O) groups excluding carboxylic acids is 1. The van der Waals surface area contributed by atoms with Gasteiger partial charge < -0.3 is 4.74 Å². The van der Waals surface area contributed by atoms with Gasteiger partial charge in [-0.25, -0.2) is 9.82 Å². The molecule has 0 atom stereocenters. The number of ether oxygens (including phenoxy) is 1. The normalized spacial score (nSPS) is 15.3. The Bertz CT molecular complexity index is 857. The van der Waals surface area contributed by atoms with Crippen LogP contribution in [-0.4, -0.2) is 24.0 Å². The summed E-state index contributed by atoms with van der Waals surface area (Å²) in [6, 6.07) is 12.4. The molecular formula is C21H23FN2O2S. The predicted octanol–water partition coefficient (Wildman–Crippen LogP) is 4.52. The van der Waals surface area contributed by atoms with Crippen LogP contribution in [0.25, 0.3) is 0 Å². The van der Waals surface area contributed by atoms with Crippen LogP contribution in [0.5, 0.6) is 5.75 Å². The minimum Gasteiger partial charge on any atom is -0.484 e. The van der Waals surface area contributed by atoms with Gasteiger partial charge in [0.1, 0.15) is 11.6 Å². The fourth-order valence-electron chi connectivity index (χ4n) is 2.72. The molecule has 0 saturated heterocycles. The van der Waals surface area contributed by atoms with Crippen LogP contribution in [0.1, 0.15) is 38.3 Å². The summed E-state index contributed by atoms with van der Waals surface area (Å²) in [6.45, 7) is 6.30. The monoisotopic (exact) mass is 386 g/mol. The van der Waals surface area contributed by atoms with Gasteiger partial charge in [-0.3, -0.25) is 4.79 Å². The van der Waals surface area contributed by atoms with Crippen molar-refractivity contribution in [3.8, 4) is 5.75 Å². The number of carbonyl (C=O) groups is 1. The molecule has 3 rings (SSSR count). The SMILES string of the molecule is CC(C)(C)c1ccc(OCC(=O)N/N=C2/CCSc3ccc(F)cc32)cc1. The van der Waals surface area contributed by atoms with Gasteiger partial charge in [-0.2, -0.15) is 5.10 Å². The van der Waals surface area contributed by atoms with E-state index in [4.69, 9.17) is 4.74 Å². The Labute approximate surface area is 163 Å². The maximum absolute atomic E-state index is 13.5. The molecule has 0 spiro atoms. The molecule has 1 aliphatic rings. The summed E-state index contributed by atoms with van der Waals surface area (Å²) < 4.78 is 19.0. The molecule has 0 bridgehead atoms. The third kappa shape index (κ3) is 5.10. The van der Waals surface area contributed by atoms with E-state index in [1.54, 1.807) is 17.8 Å². The highest BCUT2D eigenvalue weighted by Gasteiger charge is 2.17. The Balaban J connectivity index is 1.58. The summed E-state index contributed by atoms with van der Waals surface area (Å²) in [5.74, 6) is 0.826. The van der Waals surface area contributed by atoms with Gasteiger partial charge in [0.2, 0.25) is 0 Å². The lowest BCUT2D eigenvalue weighted by molar-refractivity contribution is -0.123. The molecule has 0 aromatic heterocycles. The van der Waals surface area contributed by atoms with Gasteiger partial charge in [0.25, 0.3) is 5.91 Å². The van der Waals surface area contributed by atoms with Crippen molar-refractivity contribution in [1.29, 1.82) is 0 Å². The third-order valence-corrected chi connectivity index (χ3v) is 5.33. The molecular weight excluding hydrogens is 363 g/mol. The number of fused-ring (bicyclic) bond motifs is 1. The molecule has 6 heteroatoms. The fourth-order valence-corrected chi connectivity index (χ4v) is 3.74. The van der Waals surface area contributed by atoms with E-state index in [2.05, 4.69) is 31.3 Å². The third-order valence-electron chi connectivity index (χ3n) is 4.25. The van der Waals surface area contributed by atoms with Crippen molar-refractivity contribution in [1.82, 2.24) is 5.43 Å². The highest BCUT2D eigenvalue weighted by atomic mass is 32.2. The van der Waals surface area contributed by atoms with E-state index in [-0.39, 0.29) is 23.7 Å². The number of halogens is 1. The molecule has 2 aromatic carbocycles. The van der Waals surface area contributed by atoms with E-state index in [9.17, 15) is 9.18 Å². The van der Waals surface area contributed by atoms with Crippen LogP contribution in [-0.2, 0) is 10.2 Å². The Morgan fingerprint density at radius 2 is 1.96 bits per heavy atom. The highest BCUT2D eigenvalue weighted by molar-refractivity contribution is 7.99. The molecule has 1 aliphatic heterocycles. The van der Waals surface area contributed by atoms with Gasteiger partial charge in [0.05, 0.1) is 5.71 Å². The first-order valence-corrected chi connectivity index (χ1v) is 9.83. The summed E-state index contributed by atoms with van der Waals surface area (Å²) in [4.78, 5) is 13.0. The van der Waals surface area contributed by atoms with Gasteiger partial charge in [-0.1, -0.05) is 32.9 Å². The van der Waals surface area contributed by atoms with Crippen LogP contribution in [0.2, 0.25) is 0 Å². The molecule has 27 heavy (non-hydrogen) atoms. The zero-order valence-corrected chi connectivity index (χ0v) is 16.5. The smallest absolute Gasteiger partial charge is 0.277 e. The second kappa shape index (κ2) is 8.13. The van der Waals surface area contributed by atoms with E-state index >= 15 is 0 Å². The predicted molar refractivity (Wildman–Crippen MR) is 107 cm³/mol. The van der Waals surface area contributed by atoms with Crippen molar-refractivity contribution < 1.29 is 13.9 Å². The van der Waals surface area contributed by atoms with E-state index in [1.807, 2.05) is 24.3 Å².